The minimum atomic E-state index is -1.08. The van der Waals surface area contributed by atoms with Crippen LogP contribution in [0.1, 0.15) is 26.7 Å². The zero-order valence-corrected chi connectivity index (χ0v) is 11.4. The van der Waals surface area contributed by atoms with Gasteiger partial charge in [-0.15, -0.1) is 6.58 Å². The summed E-state index contributed by atoms with van der Waals surface area (Å²) < 4.78 is 31.8. The lowest BCUT2D eigenvalue weighted by atomic mass is 9.92. The van der Waals surface area contributed by atoms with Crippen molar-refractivity contribution in [3.8, 4) is 0 Å². The fraction of sp³-hybridized carbons (Fsp3) is 0.467. The smallest absolute Gasteiger partial charge is 0.200 e. The van der Waals surface area contributed by atoms with Crippen LogP contribution in [0.25, 0.3) is 0 Å². The first-order chi connectivity index (χ1) is 8.34. The Hall–Kier alpha value is -1.38. The SMILES string of the molecule is C=CC(C)CCC(C)C(=C)/C(F)=C(/F)C(=C)OC. The minimum absolute atomic E-state index is 0.136. The number of methoxy groups -OCH3 is 1. The molecule has 0 amide bonds. The molecule has 0 aliphatic rings. The largest absolute Gasteiger partial charge is 0.494 e. The van der Waals surface area contributed by atoms with Crippen molar-refractivity contribution in [2.24, 2.45) is 11.8 Å². The molecule has 102 valence electrons. The van der Waals surface area contributed by atoms with E-state index < -0.39 is 11.7 Å². The molecular weight excluding hydrogens is 234 g/mol. The van der Waals surface area contributed by atoms with Crippen LogP contribution in [0.15, 0.2) is 48.8 Å². The number of hydrogen-bond donors (Lipinski definition) is 0. The molecule has 0 N–H and O–H groups in total. The molecular formula is C15H22F2O. The summed E-state index contributed by atoms with van der Waals surface area (Å²) >= 11 is 0. The van der Waals surface area contributed by atoms with Crippen LogP contribution in [0, 0.1) is 11.8 Å². The van der Waals surface area contributed by atoms with Gasteiger partial charge in [0.2, 0.25) is 0 Å². The summed E-state index contributed by atoms with van der Waals surface area (Å²) in [5.41, 5.74) is 0.141. The standard InChI is InChI=1S/C15H22F2O/c1-7-10(2)8-9-11(3)12(4)14(16)15(17)13(5)18-6/h7,10-11H,1,4-5,8-9H2,2-3,6H3/b15-14-. The molecule has 2 atom stereocenters. The van der Waals surface area contributed by atoms with E-state index in [9.17, 15) is 8.78 Å². The van der Waals surface area contributed by atoms with Crippen molar-refractivity contribution < 1.29 is 13.5 Å². The Morgan fingerprint density at radius 3 is 2.17 bits per heavy atom. The van der Waals surface area contributed by atoms with Crippen LogP contribution < -0.4 is 0 Å². The third kappa shape index (κ3) is 4.86. The molecule has 0 aliphatic carbocycles. The van der Waals surface area contributed by atoms with E-state index in [1.165, 1.54) is 7.11 Å². The number of halogens is 2. The van der Waals surface area contributed by atoms with Crippen molar-refractivity contribution in [1.29, 1.82) is 0 Å². The van der Waals surface area contributed by atoms with E-state index in [1.807, 2.05) is 19.9 Å². The average Bonchev–Trinajstić information content (AvgIpc) is 2.40. The minimum Gasteiger partial charge on any atom is -0.494 e. The van der Waals surface area contributed by atoms with Gasteiger partial charge in [-0.2, -0.15) is 4.39 Å². The lowest BCUT2D eigenvalue weighted by Gasteiger charge is -2.15. The maximum absolute atomic E-state index is 13.7. The quantitative estimate of drug-likeness (QED) is 0.334. The van der Waals surface area contributed by atoms with E-state index in [0.717, 1.165) is 12.8 Å². The Morgan fingerprint density at radius 2 is 1.72 bits per heavy atom. The Labute approximate surface area is 109 Å². The molecule has 18 heavy (non-hydrogen) atoms. The molecule has 0 saturated carbocycles. The lowest BCUT2D eigenvalue weighted by molar-refractivity contribution is 0.280. The van der Waals surface area contributed by atoms with Gasteiger partial charge in [-0.25, -0.2) is 4.39 Å². The van der Waals surface area contributed by atoms with E-state index in [2.05, 4.69) is 24.5 Å². The molecule has 0 aliphatic heterocycles. The third-order valence-electron chi connectivity index (χ3n) is 3.02. The second-order valence-corrected chi connectivity index (χ2v) is 4.47. The molecule has 0 bridgehead atoms. The summed E-state index contributed by atoms with van der Waals surface area (Å²) in [4.78, 5) is 0. The number of hydrogen-bond acceptors (Lipinski definition) is 1. The van der Waals surface area contributed by atoms with Crippen LogP contribution in [-0.4, -0.2) is 7.11 Å². The molecule has 0 rings (SSSR count). The topological polar surface area (TPSA) is 9.23 Å². The van der Waals surface area contributed by atoms with Gasteiger partial charge in [0.25, 0.3) is 0 Å². The molecule has 0 saturated heterocycles. The van der Waals surface area contributed by atoms with Gasteiger partial charge in [-0.05, 0) is 30.3 Å². The molecule has 0 radical (unpaired) electrons. The highest BCUT2D eigenvalue weighted by molar-refractivity contribution is 5.33. The van der Waals surface area contributed by atoms with E-state index in [4.69, 9.17) is 0 Å². The molecule has 3 heteroatoms. The number of allylic oxidation sites excluding steroid dienone is 4. The van der Waals surface area contributed by atoms with Crippen LogP contribution in [0.4, 0.5) is 8.78 Å². The molecule has 0 aromatic heterocycles. The van der Waals surface area contributed by atoms with Gasteiger partial charge in [0, 0.05) is 0 Å². The van der Waals surface area contributed by atoms with E-state index in [-0.39, 0.29) is 17.3 Å². The zero-order chi connectivity index (χ0) is 14.3. The normalized spacial score (nSPS) is 15.4. The third-order valence-corrected chi connectivity index (χ3v) is 3.02. The molecule has 2 unspecified atom stereocenters. The van der Waals surface area contributed by atoms with Crippen LogP contribution in [0.2, 0.25) is 0 Å². The molecule has 0 aromatic carbocycles. The van der Waals surface area contributed by atoms with E-state index in [1.54, 1.807) is 0 Å². The fourth-order valence-corrected chi connectivity index (χ4v) is 1.37. The van der Waals surface area contributed by atoms with Crippen LogP contribution in [0.5, 0.6) is 0 Å². The highest BCUT2D eigenvalue weighted by atomic mass is 19.2. The second kappa shape index (κ2) is 7.85. The first-order valence-corrected chi connectivity index (χ1v) is 5.95. The summed E-state index contributed by atoms with van der Waals surface area (Å²) in [6.07, 6.45) is 3.44. The summed E-state index contributed by atoms with van der Waals surface area (Å²) in [7, 11) is 1.24. The summed E-state index contributed by atoms with van der Waals surface area (Å²) in [6.45, 7) is 14.4. The highest BCUT2D eigenvalue weighted by Gasteiger charge is 2.18. The lowest BCUT2D eigenvalue weighted by Crippen LogP contribution is -2.03. The van der Waals surface area contributed by atoms with Gasteiger partial charge in [0.15, 0.2) is 11.7 Å². The van der Waals surface area contributed by atoms with Gasteiger partial charge >= 0.3 is 0 Å². The maximum Gasteiger partial charge on any atom is 0.200 e. The van der Waals surface area contributed by atoms with Crippen molar-refractivity contribution >= 4 is 0 Å². The van der Waals surface area contributed by atoms with Crippen LogP contribution in [-0.2, 0) is 4.74 Å². The zero-order valence-electron chi connectivity index (χ0n) is 11.4. The maximum atomic E-state index is 13.7. The first-order valence-electron chi connectivity index (χ1n) is 5.95. The molecule has 0 spiro atoms. The van der Waals surface area contributed by atoms with Gasteiger partial charge in [-0.1, -0.05) is 33.1 Å². The van der Waals surface area contributed by atoms with Crippen LogP contribution >= 0.6 is 0 Å². The van der Waals surface area contributed by atoms with Crippen molar-refractivity contribution in [2.75, 3.05) is 7.11 Å². The van der Waals surface area contributed by atoms with Gasteiger partial charge in [-0.3, -0.25) is 0 Å². The molecule has 0 aromatic rings. The summed E-state index contributed by atoms with van der Waals surface area (Å²) in [5, 5.41) is 0. The van der Waals surface area contributed by atoms with Crippen molar-refractivity contribution in [3.05, 3.63) is 48.8 Å². The number of ether oxygens (including phenoxy) is 1. The predicted octanol–water partition coefficient (Wildman–Crippen LogP) is 5.09. The van der Waals surface area contributed by atoms with E-state index in [0.29, 0.717) is 5.92 Å². The second-order valence-electron chi connectivity index (χ2n) is 4.47. The summed E-state index contributed by atoms with van der Waals surface area (Å²) in [6, 6.07) is 0. The number of rotatable bonds is 8. The Morgan fingerprint density at radius 1 is 1.17 bits per heavy atom. The van der Waals surface area contributed by atoms with Gasteiger partial charge in [0.05, 0.1) is 7.11 Å². The predicted molar refractivity (Wildman–Crippen MR) is 72.3 cm³/mol. The summed E-state index contributed by atoms with van der Waals surface area (Å²) in [5.74, 6) is -2.15. The Balaban J connectivity index is 4.64. The van der Waals surface area contributed by atoms with Gasteiger partial charge in [0.1, 0.15) is 5.76 Å². The first kappa shape index (κ1) is 16.6. The Bertz CT molecular complexity index is 356. The highest BCUT2D eigenvalue weighted by Crippen LogP contribution is 2.29. The molecule has 1 nitrogen and oxygen atoms in total. The van der Waals surface area contributed by atoms with E-state index >= 15 is 0 Å². The van der Waals surface area contributed by atoms with Crippen molar-refractivity contribution in [1.82, 2.24) is 0 Å². The molecule has 0 heterocycles. The fourth-order valence-electron chi connectivity index (χ4n) is 1.37. The average molecular weight is 256 g/mol. The van der Waals surface area contributed by atoms with Crippen molar-refractivity contribution in [3.63, 3.8) is 0 Å². The van der Waals surface area contributed by atoms with Gasteiger partial charge < -0.3 is 4.74 Å². The van der Waals surface area contributed by atoms with Crippen LogP contribution in [0.3, 0.4) is 0 Å². The molecule has 0 fully saturated rings. The Kier molecular flexibility index (Phi) is 7.25. The monoisotopic (exact) mass is 256 g/mol. The van der Waals surface area contributed by atoms with Crippen molar-refractivity contribution in [2.45, 2.75) is 26.7 Å².